The molecule has 18 heavy (non-hydrogen) atoms. The highest BCUT2D eigenvalue weighted by atomic mass is 16.1. The third kappa shape index (κ3) is 4.15. The topological polar surface area (TPSA) is 41.1 Å². The highest BCUT2D eigenvalue weighted by Crippen LogP contribution is 2.11. The van der Waals surface area contributed by atoms with E-state index in [0.29, 0.717) is 12.3 Å². The van der Waals surface area contributed by atoms with E-state index >= 15 is 0 Å². The number of carbonyl (C=O) groups is 1. The summed E-state index contributed by atoms with van der Waals surface area (Å²) in [5.74, 6) is 0.723. The Morgan fingerprint density at radius 2 is 2.39 bits per heavy atom. The Kier molecular flexibility index (Phi) is 4.76. The van der Waals surface area contributed by atoms with Gasteiger partial charge in [-0.25, -0.2) is 0 Å². The molecular weight excluding hydrogens is 224 g/mol. The molecule has 98 valence electrons. The Balaban J connectivity index is 1.66. The summed E-state index contributed by atoms with van der Waals surface area (Å²) in [6.45, 7) is 4.88. The summed E-state index contributed by atoms with van der Waals surface area (Å²) in [7, 11) is 0. The lowest BCUT2D eigenvalue weighted by atomic mass is 10.0. The van der Waals surface area contributed by atoms with Gasteiger partial charge in [0.15, 0.2) is 0 Å². The number of nitrogens with one attached hydrogen (secondary N) is 2. The Morgan fingerprint density at radius 3 is 3.11 bits per heavy atom. The number of hydrogen-bond donors (Lipinski definition) is 2. The Hall–Kier alpha value is -1.35. The highest BCUT2D eigenvalue weighted by molar-refractivity contribution is 5.76. The first kappa shape index (κ1) is 13.1. The smallest absolute Gasteiger partial charge is 0.220 e. The van der Waals surface area contributed by atoms with E-state index in [1.165, 1.54) is 11.1 Å². The van der Waals surface area contributed by atoms with Gasteiger partial charge in [0.25, 0.3) is 0 Å². The third-order valence-electron chi connectivity index (χ3n) is 3.45. The normalized spacial score (nSPS) is 18.8. The molecule has 2 rings (SSSR count). The van der Waals surface area contributed by atoms with Crippen LogP contribution in [0, 0.1) is 12.8 Å². The zero-order valence-electron chi connectivity index (χ0n) is 11.0. The molecule has 2 N–H and O–H groups in total. The molecule has 1 unspecified atom stereocenters. The fraction of sp³-hybridized carbons (Fsp3) is 0.533. The van der Waals surface area contributed by atoms with Gasteiger partial charge in [-0.15, -0.1) is 0 Å². The van der Waals surface area contributed by atoms with Crippen molar-refractivity contribution in [1.29, 1.82) is 0 Å². The standard InChI is InChI=1S/C15H22N2O/c1-12-3-2-4-13(9-12)6-8-17-15(18)10-14-5-7-16-11-14/h2-4,9,14,16H,5-8,10-11H2,1H3,(H,17,18). The van der Waals surface area contributed by atoms with Gasteiger partial charge in [0.05, 0.1) is 0 Å². The summed E-state index contributed by atoms with van der Waals surface area (Å²) in [5.41, 5.74) is 2.56. The number of amides is 1. The van der Waals surface area contributed by atoms with Gasteiger partial charge in [-0.05, 0) is 44.3 Å². The average Bonchev–Trinajstić information content (AvgIpc) is 2.82. The largest absolute Gasteiger partial charge is 0.356 e. The molecule has 1 aliphatic rings. The Labute approximate surface area is 109 Å². The summed E-state index contributed by atoms with van der Waals surface area (Å²) in [6, 6.07) is 8.44. The average molecular weight is 246 g/mol. The molecule has 1 aromatic rings. The number of rotatable bonds is 5. The molecule has 0 bridgehead atoms. The van der Waals surface area contributed by atoms with Gasteiger partial charge in [0.2, 0.25) is 5.91 Å². The van der Waals surface area contributed by atoms with E-state index in [4.69, 9.17) is 0 Å². The molecule has 1 aromatic carbocycles. The van der Waals surface area contributed by atoms with Crippen molar-refractivity contribution in [2.75, 3.05) is 19.6 Å². The second kappa shape index (κ2) is 6.55. The van der Waals surface area contributed by atoms with Crippen molar-refractivity contribution in [1.82, 2.24) is 10.6 Å². The summed E-state index contributed by atoms with van der Waals surface area (Å²) in [5, 5.41) is 6.30. The molecule has 0 spiro atoms. The molecule has 1 aliphatic heterocycles. The summed E-state index contributed by atoms with van der Waals surface area (Å²) >= 11 is 0. The van der Waals surface area contributed by atoms with Crippen LogP contribution in [0.25, 0.3) is 0 Å². The molecule has 1 fully saturated rings. The lowest BCUT2D eigenvalue weighted by Gasteiger charge is -2.09. The van der Waals surface area contributed by atoms with Crippen LogP contribution in [0.2, 0.25) is 0 Å². The van der Waals surface area contributed by atoms with Crippen LogP contribution in [0.3, 0.4) is 0 Å². The molecule has 0 aromatic heterocycles. The van der Waals surface area contributed by atoms with E-state index in [2.05, 4.69) is 41.8 Å². The van der Waals surface area contributed by atoms with Crippen LogP contribution in [0.5, 0.6) is 0 Å². The maximum Gasteiger partial charge on any atom is 0.220 e. The Morgan fingerprint density at radius 1 is 1.50 bits per heavy atom. The van der Waals surface area contributed by atoms with Crippen molar-refractivity contribution in [2.24, 2.45) is 5.92 Å². The first-order valence-corrected chi connectivity index (χ1v) is 6.77. The van der Waals surface area contributed by atoms with Crippen LogP contribution < -0.4 is 10.6 Å². The zero-order chi connectivity index (χ0) is 12.8. The van der Waals surface area contributed by atoms with Crippen molar-refractivity contribution in [3.05, 3.63) is 35.4 Å². The molecule has 1 heterocycles. The fourth-order valence-corrected chi connectivity index (χ4v) is 2.44. The molecule has 0 aliphatic carbocycles. The van der Waals surface area contributed by atoms with Gasteiger partial charge >= 0.3 is 0 Å². The van der Waals surface area contributed by atoms with E-state index in [0.717, 1.165) is 32.5 Å². The van der Waals surface area contributed by atoms with Gasteiger partial charge in [-0.3, -0.25) is 4.79 Å². The quantitative estimate of drug-likeness (QED) is 0.829. The van der Waals surface area contributed by atoms with Gasteiger partial charge < -0.3 is 10.6 Å². The molecule has 3 nitrogen and oxygen atoms in total. The second-order valence-corrected chi connectivity index (χ2v) is 5.15. The van der Waals surface area contributed by atoms with Crippen LogP contribution in [-0.2, 0) is 11.2 Å². The molecule has 0 saturated carbocycles. The molecule has 3 heteroatoms. The van der Waals surface area contributed by atoms with Gasteiger partial charge in [0, 0.05) is 13.0 Å². The first-order chi connectivity index (χ1) is 8.74. The predicted molar refractivity (Wildman–Crippen MR) is 73.5 cm³/mol. The Bertz CT molecular complexity index is 397. The van der Waals surface area contributed by atoms with Crippen molar-refractivity contribution in [3.8, 4) is 0 Å². The SMILES string of the molecule is Cc1cccc(CCNC(=O)CC2CCNC2)c1. The summed E-state index contributed by atoms with van der Waals surface area (Å²) < 4.78 is 0. The second-order valence-electron chi connectivity index (χ2n) is 5.15. The van der Waals surface area contributed by atoms with Crippen molar-refractivity contribution in [3.63, 3.8) is 0 Å². The predicted octanol–water partition coefficient (Wildman–Crippen LogP) is 1.65. The number of aryl methyl sites for hydroxylation is 1. The van der Waals surface area contributed by atoms with Crippen molar-refractivity contribution in [2.45, 2.75) is 26.2 Å². The van der Waals surface area contributed by atoms with Crippen LogP contribution in [-0.4, -0.2) is 25.5 Å². The summed E-state index contributed by atoms with van der Waals surface area (Å²) in [6.07, 6.45) is 2.71. The van der Waals surface area contributed by atoms with Crippen LogP contribution in [0.1, 0.15) is 24.0 Å². The minimum Gasteiger partial charge on any atom is -0.356 e. The number of hydrogen-bond acceptors (Lipinski definition) is 2. The molecule has 1 saturated heterocycles. The fourth-order valence-electron chi connectivity index (χ4n) is 2.44. The van der Waals surface area contributed by atoms with E-state index in [1.807, 2.05) is 0 Å². The minimum absolute atomic E-state index is 0.191. The molecule has 1 amide bonds. The molecular formula is C15H22N2O. The maximum atomic E-state index is 11.7. The van der Waals surface area contributed by atoms with Crippen LogP contribution in [0.15, 0.2) is 24.3 Å². The lowest BCUT2D eigenvalue weighted by Crippen LogP contribution is -2.28. The van der Waals surface area contributed by atoms with E-state index in [9.17, 15) is 4.79 Å². The third-order valence-corrected chi connectivity index (χ3v) is 3.45. The van der Waals surface area contributed by atoms with Crippen LogP contribution in [0.4, 0.5) is 0 Å². The minimum atomic E-state index is 0.191. The first-order valence-electron chi connectivity index (χ1n) is 6.77. The number of carbonyl (C=O) groups excluding carboxylic acids is 1. The maximum absolute atomic E-state index is 11.7. The van der Waals surface area contributed by atoms with Crippen molar-refractivity contribution < 1.29 is 4.79 Å². The van der Waals surface area contributed by atoms with E-state index in [-0.39, 0.29) is 5.91 Å². The van der Waals surface area contributed by atoms with Gasteiger partial charge in [-0.1, -0.05) is 29.8 Å². The van der Waals surface area contributed by atoms with E-state index in [1.54, 1.807) is 0 Å². The molecule has 0 radical (unpaired) electrons. The van der Waals surface area contributed by atoms with E-state index < -0.39 is 0 Å². The summed E-state index contributed by atoms with van der Waals surface area (Å²) in [4.78, 5) is 11.7. The number of benzene rings is 1. The van der Waals surface area contributed by atoms with Gasteiger partial charge in [-0.2, -0.15) is 0 Å². The van der Waals surface area contributed by atoms with Crippen LogP contribution >= 0.6 is 0 Å². The highest BCUT2D eigenvalue weighted by Gasteiger charge is 2.17. The van der Waals surface area contributed by atoms with Crippen molar-refractivity contribution >= 4 is 5.91 Å². The zero-order valence-corrected chi connectivity index (χ0v) is 11.0. The lowest BCUT2D eigenvalue weighted by molar-refractivity contribution is -0.121. The molecule has 1 atom stereocenters. The van der Waals surface area contributed by atoms with Gasteiger partial charge in [0.1, 0.15) is 0 Å². The monoisotopic (exact) mass is 246 g/mol.